The average molecular weight is 259 g/mol. The van der Waals surface area contributed by atoms with Crippen LogP contribution < -0.4 is 11.1 Å². The standard InChI is InChI=1S/C11H19ClN4O/c1-11(17,7-16(2)3)6-14-10-5-8(13)4-9(12)15-10/h4-5,17H,6-7H2,1-3H3,(H3,13,14,15). The third-order valence-corrected chi connectivity index (χ3v) is 2.32. The van der Waals surface area contributed by atoms with Gasteiger partial charge in [-0.05, 0) is 27.1 Å². The number of halogens is 1. The summed E-state index contributed by atoms with van der Waals surface area (Å²) in [5, 5.41) is 13.4. The molecule has 4 N–H and O–H groups in total. The smallest absolute Gasteiger partial charge is 0.133 e. The number of nitrogens with one attached hydrogen (secondary N) is 1. The Morgan fingerprint density at radius 1 is 1.53 bits per heavy atom. The maximum absolute atomic E-state index is 10.1. The van der Waals surface area contributed by atoms with Crippen LogP contribution in [0.25, 0.3) is 0 Å². The van der Waals surface area contributed by atoms with E-state index in [2.05, 4.69) is 10.3 Å². The van der Waals surface area contributed by atoms with Gasteiger partial charge in [0.05, 0.1) is 5.60 Å². The van der Waals surface area contributed by atoms with Crippen LogP contribution in [-0.4, -0.2) is 47.8 Å². The first-order valence-corrected chi connectivity index (χ1v) is 5.70. The Morgan fingerprint density at radius 3 is 2.71 bits per heavy atom. The second-order valence-corrected chi connectivity index (χ2v) is 5.08. The summed E-state index contributed by atoms with van der Waals surface area (Å²) in [6.07, 6.45) is 0. The third-order valence-electron chi connectivity index (χ3n) is 2.12. The highest BCUT2D eigenvalue weighted by molar-refractivity contribution is 6.29. The molecule has 5 nitrogen and oxygen atoms in total. The Hall–Kier alpha value is -1.04. The average Bonchev–Trinajstić information content (AvgIpc) is 2.11. The van der Waals surface area contributed by atoms with E-state index in [4.69, 9.17) is 17.3 Å². The lowest BCUT2D eigenvalue weighted by atomic mass is 10.1. The van der Waals surface area contributed by atoms with Crippen molar-refractivity contribution in [1.82, 2.24) is 9.88 Å². The van der Waals surface area contributed by atoms with Crippen molar-refractivity contribution in [2.45, 2.75) is 12.5 Å². The number of rotatable bonds is 5. The van der Waals surface area contributed by atoms with Crippen molar-refractivity contribution in [2.75, 3.05) is 38.2 Å². The molecule has 96 valence electrons. The first kappa shape index (κ1) is 14.0. The zero-order valence-electron chi connectivity index (χ0n) is 10.4. The van der Waals surface area contributed by atoms with Gasteiger partial charge in [-0.3, -0.25) is 0 Å². The van der Waals surface area contributed by atoms with Crippen molar-refractivity contribution in [3.8, 4) is 0 Å². The summed E-state index contributed by atoms with van der Waals surface area (Å²) in [6.45, 7) is 2.68. The minimum absolute atomic E-state index is 0.333. The number of nitrogens with zero attached hydrogens (tertiary/aromatic N) is 2. The van der Waals surface area contributed by atoms with Gasteiger partial charge in [0.1, 0.15) is 11.0 Å². The minimum Gasteiger partial charge on any atom is -0.399 e. The molecule has 0 amide bonds. The van der Waals surface area contributed by atoms with Crippen LogP contribution in [0.5, 0.6) is 0 Å². The Bertz CT molecular complexity index is 361. The second kappa shape index (κ2) is 5.53. The molecule has 0 aliphatic rings. The van der Waals surface area contributed by atoms with Gasteiger partial charge in [-0.1, -0.05) is 11.6 Å². The third kappa shape index (κ3) is 5.21. The number of pyridine rings is 1. The van der Waals surface area contributed by atoms with Gasteiger partial charge < -0.3 is 21.1 Å². The van der Waals surface area contributed by atoms with Crippen molar-refractivity contribution < 1.29 is 5.11 Å². The summed E-state index contributed by atoms with van der Waals surface area (Å²) in [5.74, 6) is 0.564. The quantitative estimate of drug-likeness (QED) is 0.689. The van der Waals surface area contributed by atoms with Crippen molar-refractivity contribution >= 4 is 23.1 Å². The number of aliphatic hydroxyl groups is 1. The fourth-order valence-electron chi connectivity index (χ4n) is 1.63. The lowest BCUT2D eigenvalue weighted by Gasteiger charge is -2.27. The molecule has 1 aromatic heterocycles. The molecule has 1 aromatic rings. The van der Waals surface area contributed by atoms with Crippen LogP contribution in [0.3, 0.4) is 0 Å². The number of hydrogen-bond donors (Lipinski definition) is 3. The van der Waals surface area contributed by atoms with E-state index in [-0.39, 0.29) is 0 Å². The molecule has 0 spiro atoms. The molecule has 0 aliphatic heterocycles. The van der Waals surface area contributed by atoms with Crippen LogP contribution >= 0.6 is 11.6 Å². The molecule has 0 saturated carbocycles. The number of likely N-dealkylation sites (N-methyl/N-ethyl adjacent to an activating group) is 1. The molecule has 0 bridgehead atoms. The number of aromatic nitrogens is 1. The minimum atomic E-state index is -0.845. The molecule has 0 saturated heterocycles. The van der Waals surface area contributed by atoms with Gasteiger partial charge in [0.2, 0.25) is 0 Å². The Morgan fingerprint density at radius 2 is 2.18 bits per heavy atom. The van der Waals surface area contributed by atoms with Gasteiger partial charge in [-0.15, -0.1) is 0 Å². The van der Waals surface area contributed by atoms with E-state index >= 15 is 0 Å². The topological polar surface area (TPSA) is 74.4 Å². The highest BCUT2D eigenvalue weighted by atomic mass is 35.5. The Kier molecular flexibility index (Phi) is 4.56. The lowest BCUT2D eigenvalue weighted by molar-refractivity contribution is 0.0459. The Balaban J connectivity index is 2.60. The molecular weight excluding hydrogens is 240 g/mol. The van der Waals surface area contributed by atoms with Crippen molar-refractivity contribution in [1.29, 1.82) is 0 Å². The second-order valence-electron chi connectivity index (χ2n) is 4.70. The highest BCUT2D eigenvalue weighted by Crippen LogP contribution is 2.16. The fourth-order valence-corrected chi connectivity index (χ4v) is 1.84. The van der Waals surface area contributed by atoms with Gasteiger partial charge >= 0.3 is 0 Å². The summed E-state index contributed by atoms with van der Waals surface area (Å²) in [6, 6.07) is 3.25. The molecule has 1 rings (SSSR count). The Labute approximate surface area is 107 Å². The molecule has 6 heteroatoms. The molecule has 0 radical (unpaired) electrons. The van der Waals surface area contributed by atoms with Crippen LogP contribution in [0.2, 0.25) is 5.15 Å². The zero-order chi connectivity index (χ0) is 13.1. The van der Waals surface area contributed by atoms with Gasteiger partial charge in [-0.25, -0.2) is 4.98 Å². The normalized spacial score (nSPS) is 14.7. The molecule has 1 unspecified atom stereocenters. The van der Waals surface area contributed by atoms with E-state index in [1.807, 2.05) is 19.0 Å². The summed E-state index contributed by atoms with van der Waals surface area (Å²) in [7, 11) is 3.81. The van der Waals surface area contributed by atoms with E-state index in [0.717, 1.165) is 0 Å². The van der Waals surface area contributed by atoms with Gasteiger partial charge in [0.15, 0.2) is 0 Å². The fraction of sp³-hybridized carbons (Fsp3) is 0.545. The first-order chi connectivity index (χ1) is 7.78. The molecule has 0 aromatic carbocycles. The summed E-state index contributed by atoms with van der Waals surface area (Å²) >= 11 is 5.78. The van der Waals surface area contributed by atoms with Gasteiger partial charge in [0.25, 0.3) is 0 Å². The van der Waals surface area contributed by atoms with Crippen LogP contribution in [-0.2, 0) is 0 Å². The maximum atomic E-state index is 10.1. The van der Waals surface area contributed by atoms with Crippen molar-refractivity contribution in [3.63, 3.8) is 0 Å². The molecule has 17 heavy (non-hydrogen) atoms. The summed E-state index contributed by atoms with van der Waals surface area (Å²) in [4.78, 5) is 5.98. The summed E-state index contributed by atoms with van der Waals surface area (Å²) in [5.41, 5.74) is 5.34. The molecule has 0 fully saturated rings. The molecule has 1 atom stereocenters. The maximum Gasteiger partial charge on any atom is 0.133 e. The largest absolute Gasteiger partial charge is 0.399 e. The van der Waals surface area contributed by atoms with Crippen molar-refractivity contribution in [3.05, 3.63) is 17.3 Å². The summed E-state index contributed by atoms with van der Waals surface area (Å²) < 4.78 is 0. The predicted octanol–water partition coefficient (Wildman–Crippen LogP) is 1.04. The number of nitrogen functional groups attached to an aromatic ring is 1. The van der Waals surface area contributed by atoms with Crippen LogP contribution in [0.4, 0.5) is 11.5 Å². The van der Waals surface area contributed by atoms with E-state index in [0.29, 0.717) is 29.7 Å². The number of anilines is 2. The molecule has 0 aliphatic carbocycles. The molecular formula is C11H19ClN4O. The van der Waals surface area contributed by atoms with Crippen LogP contribution in [0, 0.1) is 0 Å². The lowest BCUT2D eigenvalue weighted by Crippen LogP contribution is -2.43. The van der Waals surface area contributed by atoms with Crippen LogP contribution in [0.1, 0.15) is 6.92 Å². The van der Waals surface area contributed by atoms with Crippen molar-refractivity contribution in [2.24, 2.45) is 0 Å². The monoisotopic (exact) mass is 258 g/mol. The highest BCUT2D eigenvalue weighted by Gasteiger charge is 2.21. The van der Waals surface area contributed by atoms with E-state index in [1.54, 1.807) is 19.1 Å². The zero-order valence-corrected chi connectivity index (χ0v) is 11.1. The molecule has 1 heterocycles. The number of nitrogens with two attached hydrogens (primary N) is 1. The first-order valence-electron chi connectivity index (χ1n) is 5.32. The van der Waals surface area contributed by atoms with Crippen LogP contribution in [0.15, 0.2) is 12.1 Å². The van der Waals surface area contributed by atoms with Gasteiger partial charge in [-0.2, -0.15) is 0 Å². The van der Waals surface area contributed by atoms with E-state index in [9.17, 15) is 5.11 Å². The van der Waals surface area contributed by atoms with E-state index in [1.165, 1.54) is 0 Å². The van der Waals surface area contributed by atoms with Gasteiger partial charge in [0, 0.05) is 24.8 Å². The SMILES string of the molecule is CN(C)CC(C)(O)CNc1cc(N)cc(Cl)n1. The van der Waals surface area contributed by atoms with E-state index < -0.39 is 5.60 Å². The number of hydrogen-bond acceptors (Lipinski definition) is 5. The predicted molar refractivity (Wildman–Crippen MR) is 71.3 cm³/mol.